The molecule has 3 nitrogen and oxygen atoms in total. The summed E-state index contributed by atoms with van der Waals surface area (Å²) >= 11 is 0. The minimum absolute atomic E-state index is 0. The van der Waals surface area contributed by atoms with Gasteiger partial charge in [-0.05, 0) is 23.6 Å². The van der Waals surface area contributed by atoms with E-state index in [2.05, 4.69) is 19.2 Å². The molecule has 0 aliphatic heterocycles. The maximum atomic E-state index is 11.5. The predicted molar refractivity (Wildman–Crippen MR) is 69.2 cm³/mol. The summed E-state index contributed by atoms with van der Waals surface area (Å²) in [5.74, 6) is 0.432. The predicted octanol–water partition coefficient (Wildman–Crippen LogP) is 1.92. The van der Waals surface area contributed by atoms with Crippen LogP contribution in [0.1, 0.15) is 35.7 Å². The second-order valence-electron chi connectivity index (χ2n) is 3.82. The quantitative estimate of drug-likeness (QED) is 0.848. The maximum Gasteiger partial charge on any atom is 0.251 e. The Morgan fingerprint density at radius 1 is 1.31 bits per heavy atom. The molecule has 0 fully saturated rings. The first-order chi connectivity index (χ1) is 7.15. The molecule has 16 heavy (non-hydrogen) atoms. The molecule has 0 aliphatic carbocycles. The van der Waals surface area contributed by atoms with E-state index in [-0.39, 0.29) is 18.3 Å². The van der Waals surface area contributed by atoms with E-state index >= 15 is 0 Å². The Morgan fingerprint density at radius 3 is 2.31 bits per heavy atom. The highest BCUT2D eigenvalue weighted by Crippen LogP contribution is 2.14. The lowest BCUT2D eigenvalue weighted by Gasteiger charge is -2.07. The van der Waals surface area contributed by atoms with Crippen LogP contribution in [0.25, 0.3) is 0 Å². The molecule has 0 heterocycles. The molecule has 3 N–H and O–H groups in total. The zero-order chi connectivity index (χ0) is 11.3. The number of hydrogen-bond acceptors (Lipinski definition) is 2. The summed E-state index contributed by atoms with van der Waals surface area (Å²) in [6.07, 6.45) is 0. The van der Waals surface area contributed by atoms with Gasteiger partial charge in [0, 0.05) is 18.7 Å². The molecule has 0 aliphatic rings. The number of hydrogen-bond donors (Lipinski definition) is 2. The lowest BCUT2D eigenvalue weighted by molar-refractivity contribution is 0.0954. The third kappa shape index (κ3) is 4.21. The Bertz CT molecular complexity index is 322. The van der Waals surface area contributed by atoms with Crippen LogP contribution in [0.5, 0.6) is 0 Å². The van der Waals surface area contributed by atoms with Crippen LogP contribution in [0.4, 0.5) is 0 Å². The van der Waals surface area contributed by atoms with Gasteiger partial charge in [0.25, 0.3) is 5.91 Å². The number of rotatable bonds is 4. The van der Waals surface area contributed by atoms with E-state index in [1.54, 1.807) is 0 Å². The highest BCUT2D eigenvalue weighted by molar-refractivity contribution is 5.94. The van der Waals surface area contributed by atoms with Gasteiger partial charge in [0.1, 0.15) is 0 Å². The van der Waals surface area contributed by atoms with Crippen molar-refractivity contribution in [3.05, 3.63) is 35.4 Å². The van der Waals surface area contributed by atoms with E-state index < -0.39 is 0 Å². The van der Waals surface area contributed by atoms with Crippen LogP contribution in [0.2, 0.25) is 0 Å². The van der Waals surface area contributed by atoms with Crippen molar-refractivity contribution in [3.63, 3.8) is 0 Å². The molecule has 1 aromatic rings. The van der Waals surface area contributed by atoms with Crippen molar-refractivity contribution in [1.29, 1.82) is 0 Å². The molecule has 0 saturated heterocycles. The summed E-state index contributed by atoms with van der Waals surface area (Å²) in [5.41, 5.74) is 7.23. The highest BCUT2D eigenvalue weighted by Gasteiger charge is 2.04. The molecule has 0 saturated carbocycles. The number of carbonyl (C=O) groups excluding carboxylic acids is 1. The van der Waals surface area contributed by atoms with Crippen molar-refractivity contribution in [3.8, 4) is 0 Å². The topological polar surface area (TPSA) is 55.1 Å². The molecule has 4 heteroatoms. The van der Waals surface area contributed by atoms with E-state index in [0.29, 0.717) is 24.6 Å². The Balaban J connectivity index is 0.00000225. The minimum atomic E-state index is -0.0595. The summed E-state index contributed by atoms with van der Waals surface area (Å²) in [5, 5.41) is 2.73. The van der Waals surface area contributed by atoms with Gasteiger partial charge in [0.2, 0.25) is 0 Å². The molecule has 0 bridgehead atoms. The minimum Gasteiger partial charge on any atom is -0.351 e. The summed E-state index contributed by atoms with van der Waals surface area (Å²) in [7, 11) is 0. The first-order valence-corrected chi connectivity index (χ1v) is 5.23. The van der Waals surface area contributed by atoms with E-state index in [1.807, 2.05) is 24.3 Å². The zero-order valence-corrected chi connectivity index (χ0v) is 10.5. The standard InChI is InChI=1S/C12H18N2O.ClH/c1-9(2)10-3-5-11(6-4-10)12(15)14-8-7-13;/h3-6,9H,7-8,13H2,1-2H3,(H,14,15);1H. The van der Waals surface area contributed by atoms with Crippen molar-refractivity contribution in [1.82, 2.24) is 5.32 Å². The molecule has 0 atom stereocenters. The first-order valence-electron chi connectivity index (χ1n) is 5.23. The Hall–Kier alpha value is -1.06. The summed E-state index contributed by atoms with van der Waals surface area (Å²) in [6, 6.07) is 7.67. The number of halogens is 1. The fourth-order valence-electron chi connectivity index (χ4n) is 1.31. The van der Waals surface area contributed by atoms with Crippen LogP contribution >= 0.6 is 12.4 Å². The molecular weight excluding hydrogens is 224 g/mol. The fraction of sp³-hybridized carbons (Fsp3) is 0.417. The summed E-state index contributed by atoms with van der Waals surface area (Å²) in [6.45, 7) is 5.24. The highest BCUT2D eigenvalue weighted by atomic mass is 35.5. The second-order valence-corrected chi connectivity index (χ2v) is 3.82. The summed E-state index contributed by atoms with van der Waals surface area (Å²) < 4.78 is 0. The molecule has 0 aromatic heterocycles. The van der Waals surface area contributed by atoms with Gasteiger partial charge >= 0.3 is 0 Å². The lowest BCUT2D eigenvalue weighted by Crippen LogP contribution is -2.28. The van der Waals surface area contributed by atoms with Crippen molar-refractivity contribution in [2.75, 3.05) is 13.1 Å². The number of nitrogens with two attached hydrogens (primary N) is 1. The van der Waals surface area contributed by atoms with Crippen LogP contribution in [0.3, 0.4) is 0 Å². The average molecular weight is 243 g/mol. The van der Waals surface area contributed by atoms with E-state index in [0.717, 1.165) is 0 Å². The van der Waals surface area contributed by atoms with E-state index in [1.165, 1.54) is 5.56 Å². The first kappa shape index (κ1) is 14.9. The Morgan fingerprint density at radius 2 is 1.88 bits per heavy atom. The van der Waals surface area contributed by atoms with Gasteiger partial charge in [-0.15, -0.1) is 12.4 Å². The number of nitrogens with one attached hydrogen (secondary N) is 1. The van der Waals surface area contributed by atoms with Crippen LogP contribution in [0.15, 0.2) is 24.3 Å². The number of benzene rings is 1. The van der Waals surface area contributed by atoms with E-state index in [4.69, 9.17) is 5.73 Å². The summed E-state index contributed by atoms with van der Waals surface area (Å²) in [4.78, 5) is 11.5. The molecule has 0 spiro atoms. The van der Waals surface area contributed by atoms with Crippen molar-refractivity contribution < 1.29 is 4.79 Å². The smallest absolute Gasteiger partial charge is 0.251 e. The van der Waals surface area contributed by atoms with Gasteiger partial charge < -0.3 is 11.1 Å². The fourth-order valence-corrected chi connectivity index (χ4v) is 1.31. The lowest BCUT2D eigenvalue weighted by atomic mass is 10.0. The largest absolute Gasteiger partial charge is 0.351 e. The normalized spacial score (nSPS) is 9.75. The third-order valence-corrected chi connectivity index (χ3v) is 2.27. The Kier molecular flexibility index (Phi) is 6.77. The molecule has 0 radical (unpaired) electrons. The van der Waals surface area contributed by atoms with E-state index in [9.17, 15) is 4.79 Å². The number of amides is 1. The molecule has 1 rings (SSSR count). The van der Waals surface area contributed by atoms with Crippen LogP contribution in [-0.2, 0) is 0 Å². The van der Waals surface area contributed by atoms with Crippen molar-refractivity contribution in [2.24, 2.45) is 5.73 Å². The number of carbonyl (C=O) groups is 1. The Labute approximate surface area is 103 Å². The van der Waals surface area contributed by atoms with Crippen LogP contribution in [0, 0.1) is 0 Å². The van der Waals surface area contributed by atoms with Gasteiger partial charge in [0.15, 0.2) is 0 Å². The molecule has 0 unspecified atom stereocenters. The van der Waals surface area contributed by atoms with Gasteiger partial charge in [-0.1, -0.05) is 26.0 Å². The third-order valence-electron chi connectivity index (χ3n) is 2.27. The molecule has 1 amide bonds. The van der Waals surface area contributed by atoms with Gasteiger partial charge in [-0.3, -0.25) is 4.79 Å². The van der Waals surface area contributed by atoms with Gasteiger partial charge in [-0.2, -0.15) is 0 Å². The zero-order valence-electron chi connectivity index (χ0n) is 9.69. The molecule has 90 valence electrons. The molecular formula is C12H19ClN2O. The SMILES string of the molecule is CC(C)c1ccc(C(=O)NCCN)cc1.Cl. The van der Waals surface area contributed by atoms with Crippen LogP contribution in [-0.4, -0.2) is 19.0 Å². The van der Waals surface area contributed by atoms with Crippen molar-refractivity contribution in [2.45, 2.75) is 19.8 Å². The average Bonchev–Trinajstić information content (AvgIpc) is 2.26. The monoisotopic (exact) mass is 242 g/mol. The van der Waals surface area contributed by atoms with Crippen LogP contribution < -0.4 is 11.1 Å². The van der Waals surface area contributed by atoms with Gasteiger partial charge in [0.05, 0.1) is 0 Å². The second kappa shape index (κ2) is 7.25. The maximum absolute atomic E-state index is 11.5. The van der Waals surface area contributed by atoms with Crippen molar-refractivity contribution >= 4 is 18.3 Å². The van der Waals surface area contributed by atoms with Gasteiger partial charge in [-0.25, -0.2) is 0 Å². The molecule has 1 aromatic carbocycles.